The first-order valence-corrected chi connectivity index (χ1v) is 7.23. The Bertz CT molecular complexity index is 487. The quantitative estimate of drug-likeness (QED) is 0.715. The van der Waals surface area contributed by atoms with E-state index in [1.807, 2.05) is 0 Å². The van der Waals surface area contributed by atoms with Gasteiger partial charge in [-0.1, -0.05) is 0 Å². The first-order valence-electron chi connectivity index (χ1n) is 7.23. The largest absolute Gasteiger partial charge is 0.354 e. The monoisotopic (exact) mass is 309 g/mol. The molecule has 22 heavy (non-hydrogen) atoms. The number of nitrogens with one attached hydrogen (secondary N) is 1. The summed E-state index contributed by atoms with van der Waals surface area (Å²) in [6, 6.07) is 1.72. The number of nitrogens with zero attached hydrogens (tertiary/aromatic N) is 4. The fraction of sp³-hybridized carbons (Fsp3) is 0.643. The van der Waals surface area contributed by atoms with Gasteiger partial charge in [0.15, 0.2) is 6.29 Å². The van der Waals surface area contributed by atoms with Crippen molar-refractivity contribution < 1.29 is 14.3 Å². The number of piperazine rings is 1. The predicted octanol–water partition coefficient (Wildman–Crippen LogP) is -0.423. The van der Waals surface area contributed by atoms with Crippen LogP contribution in [0.15, 0.2) is 12.4 Å². The second kappa shape index (κ2) is 8.02. The highest BCUT2D eigenvalue weighted by molar-refractivity contribution is 5.92. The van der Waals surface area contributed by atoms with Gasteiger partial charge in [0.25, 0.3) is 5.91 Å². The highest BCUT2D eigenvalue weighted by Crippen LogP contribution is 2.13. The summed E-state index contributed by atoms with van der Waals surface area (Å²) in [5.74, 6) is 0.514. The minimum absolute atomic E-state index is 0.264. The molecule has 1 saturated heterocycles. The van der Waals surface area contributed by atoms with E-state index in [-0.39, 0.29) is 12.5 Å². The molecule has 1 fully saturated rings. The zero-order valence-corrected chi connectivity index (χ0v) is 13.3. The normalized spacial score (nSPS) is 16.1. The lowest BCUT2D eigenvalue weighted by Gasteiger charge is -2.33. The van der Waals surface area contributed by atoms with Crippen LogP contribution in [0.4, 0.5) is 5.82 Å². The number of methoxy groups -OCH3 is 2. The van der Waals surface area contributed by atoms with E-state index in [4.69, 9.17) is 9.47 Å². The minimum Gasteiger partial charge on any atom is -0.354 e. The Morgan fingerprint density at radius 1 is 1.27 bits per heavy atom. The number of carbonyl (C=O) groups is 1. The third-order valence-corrected chi connectivity index (χ3v) is 3.67. The molecule has 2 heterocycles. The van der Waals surface area contributed by atoms with Gasteiger partial charge in [-0.3, -0.25) is 4.79 Å². The van der Waals surface area contributed by atoms with Crippen molar-refractivity contribution in [1.29, 1.82) is 0 Å². The van der Waals surface area contributed by atoms with Crippen LogP contribution >= 0.6 is 0 Å². The summed E-state index contributed by atoms with van der Waals surface area (Å²) >= 11 is 0. The van der Waals surface area contributed by atoms with E-state index in [1.54, 1.807) is 6.07 Å². The molecule has 0 spiro atoms. The molecule has 8 heteroatoms. The number of anilines is 1. The summed E-state index contributed by atoms with van der Waals surface area (Å²) in [5.41, 5.74) is 0.342. The number of hydrogen-bond acceptors (Lipinski definition) is 7. The second-order valence-electron chi connectivity index (χ2n) is 5.16. The Morgan fingerprint density at radius 3 is 2.59 bits per heavy atom. The van der Waals surface area contributed by atoms with Crippen molar-refractivity contribution in [3.8, 4) is 0 Å². The Morgan fingerprint density at radius 2 is 1.95 bits per heavy atom. The van der Waals surface area contributed by atoms with Crippen LogP contribution in [-0.4, -0.2) is 81.1 Å². The summed E-state index contributed by atoms with van der Waals surface area (Å²) in [5, 5.41) is 2.73. The highest BCUT2D eigenvalue weighted by Gasteiger charge is 2.17. The summed E-state index contributed by atoms with van der Waals surface area (Å²) in [7, 11) is 5.14. The van der Waals surface area contributed by atoms with Crippen molar-refractivity contribution >= 4 is 11.7 Å². The van der Waals surface area contributed by atoms with Gasteiger partial charge in [-0.2, -0.15) is 0 Å². The zero-order valence-electron chi connectivity index (χ0n) is 13.3. The SMILES string of the molecule is COC(CNC(=O)c1cc(N2CCN(C)CC2)ncn1)OC. The van der Waals surface area contributed by atoms with Crippen molar-refractivity contribution in [3.63, 3.8) is 0 Å². The standard InChI is InChI=1S/C14H23N5O3/c1-18-4-6-19(7-5-18)12-8-11(16-10-17-12)14(20)15-9-13(21-2)22-3/h8,10,13H,4-7,9H2,1-3H3,(H,15,20). The van der Waals surface area contributed by atoms with Gasteiger partial charge in [0, 0.05) is 46.5 Å². The van der Waals surface area contributed by atoms with E-state index in [1.165, 1.54) is 20.5 Å². The van der Waals surface area contributed by atoms with E-state index in [9.17, 15) is 4.79 Å². The first-order chi connectivity index (χ1) is 10.6. The van der Waals surface area contributed by atoms with Gasteiger partial charge in [0.05, 0.1) is 6.54 Å². The number of aromatic nitrogens is 2. The third kappa shape index (κ3) is 4.36. The van der Waals surface area contributed by atoms with Crippen LogP contribution in [0.25, 0.3) is 0 Å². The molecule has 0 atom stereocenters. The summed E-state index contributed by atoms with van der Waals surface area (Å²) in [6.07, 6.45) is 0.954. The van der Waals surface area contributed by atoms with Gasteiger partial charge >= 0.3 is 0 Å². The maximum atomic E-state index is 12.1. The molecule has 1 aromatic heterocycles. The molecule has 1 N–H and O–H groups in total. The van der Waals surface area contributed by atoms with Crippen LogP contribution in [0.5, 0.6) is 0 Å². The van der Waals surface area contributed by atoms with Crippen molar-refractivity contribution in [2.45, 2.75) is 6.29 Å². The summed E-state index contributed by atoms with van der Waals surface area (Å²) in [6.45, 7) is 4.01. The van der Waals surface area contributed by atoms with Gasteiger partial charge in [-0.25, -0.2) is 9.97 Å². The zero-order chi connectivity index (χ0) is 15.9. The Kier molecular flexibility index (Phi) is 6.05. The Hall–Kier alpha value is -1.77. The van der Waals surface area contributed by atoms with Crippen LogP contribution < -0.4 is 10.2 Å². The molecule has 0 aromatic carbocycles. The number of carbonyl (C=O) groups excluding carboxylic acids is 1. The average Bonchev–Trinajstić information content (AvgIpc) is 2.56. The predicted molar refractivity (Wildman–Crippen MR) is 81.9 cm³/mol. The molecular formula is C14H23N5O3. The van der Waals surface area contributed by atoms with Gasteiger partial charge in [0.2, 0.25) is 0 Å². The molecule has 0 radical (unpaired) electrons. The Balaban J connectivity index is 1.97. The van der Waals surface area contributed by atoms with Crippen molar-refractivity contribution in [1.82, 2.24) is 20.2 Å². The maximum Gasteiger partial charge on any atom is 0.270 e. The molecule has 122 valence electrons. The van der Waals surface area contributed by atoms with Gasteiger partial charge in [-0.05, 0) is 7.05 Å². The van der Waals surface area contributed by atoms with Crippen molar-refractivity contribution in [2.75, 3.05) is 58.9 Å². The Labute approximate surface area is 130 Å². The fourth-order valence-corrected chi connectivity index (χ4v) is 2.21. The molecular weight excluding hydrogens is 286 g/mol. The molecule has 0 aliphatic carbocycles. The van der Waals surface area contributed by atoms with E-state index in [2.05, 4.69) is 32.1 Å². The average molecular weight is 309 g/mol. The molecule has 0 saturated carbocycles. The summed E-state index contributed by atoms with van der Waals surface area (Å²) < 4.78 is 10.1. The molecule has 1 aliphatic heterocycles. The number of hydrogen-bond donors (Lipinski definition) is 1. The fourth-order valence-electron chi connectivity index (χ4n) is 2.21. The molecule has 0 bridgehead atoms. The minimum atomic E-state index is -0.470. The molecule has 1 aromatic rings. The molecule has 1 amide bonds. The van der Waals surface area contributed by atoms with E-state index >= 15 is 0 Å². The summed E-state index contributed by atoms with van der Waals surface area (Å²) in [4.78, 5) is 24.9. The van der Waals surface area contributed by atoms with Gasteiger partial charge in [0.1, 0.15) is 17.8 Å². The lowest BCUT2D eigenvalue weighted by molar-refractivity contribution is -0.0974. The van der Waals surface area contributed by atoms with E-state index in [0.717, 1.165) is 32.0 Å². The van der Waals surface area contributed by atoms with Crippen molar-refractivity contribution in [2.24, 2.45) is 0 Å². The van der Waals surface area contributed by atoms with E-state index in [0.29, 0.717) is 5.69 Å². The van der Waals surface area contributed by atoms with E-state index < -0.39 is 6.29 Å². The van der Waals surface area contributed by atoms with Crippen LogP contribution in [0, 0.1) is 0 Å². The molecule has 0 unspecified atom stereocenters. The number of rotatable bonds is 6. The topological polar surface area (TPSA) is 79.8 Å². The molecule has 8 nitrogen and oxygen atoms in total. The lowest BCUT2D eigenvalue weighted by Crippen LogP contribution is -2.45. The van der Waals surface area contributed by atoms with Crippen LogP contribution in [0.3, 0.4) is 0 Å². The number of ether oxygens (including phenoxy) is 2. The third-order valence-electron chi connectivity index (χ3n) is 3.67. The van der Waals surface area contributed by atoms with Gasteiger partial charge < -0.3 is 24.6 Å². The number of amides is 1. The van der Waals surface area contributed by atoms with Crippen LogP contribution in [0.2, 0.25) is 0 Å². The van der Waals surface area contributed by atoms with Crippen molar-refractivity contribution in [3.05, 3.63) is 18.1 Å². The number of likely N-dealkylation sites (N-methyl/N-ethyl adjacent to an activating group) is 1. The smallest absolute Gasteiger partial charge is 0.270 e. The highest BCUT2D eigenvalue weighted by atomic mass is 16.7. The van der Waals surface area contributed by atoms with Crippen LogP contribution in [-0.2, 0) is 9.47 Å². The van der Waals surface area contributed by atoms with Gasteiger partial charge in [-0.15, -0.1) is 0 Å². The first kappa shape index (κ1) is 16.6. The lowest BCUT2D eigenvalue weighted by atomic mass is 10.3. The molecule has 1 aliphatic rings. The molecule has 2 rings (SSSR count). The van der Waals surface area contributed by atoms with Crippen LogP contribution in [0.1, 0.15) is 10.5 Å². The second-order valence-corrected chi connectivity index (χ2v) is 5.16. The maximum absolute atomic E-state index is 12.1.